The fourth-order valence-corrected chi connectivity index (χ4v) is 4.05. The molecule has 0 aliphatic rings. The minimum atomic E-state index is -3.53. The molecule has 1 amide bonds. The fraction of sp³-hybridized carbons (Fsp3) is 0.300. The van der Waals surface area contributed by atoms with E-state index < -0.39 is 10.0 Å². The molecule has 1 N–H and O–H groups in total. The predicted molar refractivity (Wildman–Crippen MR) is 115 cm³/mol. The van der Waals surface area contributed by atoms with Crippen LogP contribution in [-0.4, -0.2) is 42.3 Å². The first-order chi connectivity index (χ1) is 13.6. The molecule has 0 fully saturated rings. The Morgan fingerprint density at radius 1 is 1.21 bits per heavy atom. The van der Waals surface area contributed by atoms with Crippen molar-refractivity contribution in [1.29, 1.82) is 0 Å². The Labute approximate surface area is 175 Å². The number of benzene rings is 2. The SMILES string of the molecule is Cc1ccc(NC(=O)CCc2nc3cc(S(=O)(=O)N(C)C)ccc3n2C)cc1Cl. The molecule has 0 aliphatic heterocycles. The number of hydrogen-bond acceptors (Lipinski definition) is 4. The van der Waals surface area contributed by atoms with Gasteiger partial charge in [-0.05, 0) is 42.8 Å². The smallest absolute Gasteiger partial charge is 0.242 e. The summed E-state index contributed by atoms with van der Waals surface area (Å²) in [6, 6.07) is 10.2. The number of aromatic nitrogens is 2. The summed E-state index contributed by atoms with van der Waals surface area (Å²) in [6.45, 7) is 1.90. The lowest BCUT2D eigenvalue weighted by Crippen LogP contribution is -2.22. The second kappa shape index (κ2) is 8.14. The van der Waals surface area contributed by atoms with Gasteiger partial charge in [0.1, 0.15) is 5.82 Å². The maximum Gasteiger partial charge on any atom is 0.242 e. The van der Waals surface area contributed by atoms with Gasteiger partial charge in [0, 0.05) is 44.7 Å². The molecule has 29 heavy (non-hydrogen) atoms. The summed E-state index contributed by atoms with van der Waals surface area (Å²) in [5, 5.41) is 3.43. The largest absolute Gasteiger partial charge is 0.331 e. The van der Waals surface area contributed by atoms with Crippen molar-refractivity contribution in [2.75, 3.05) is 19.4 Å². The maximum atomic E-state index is 12.3. The van der Waals surface area contributed by atoms with Crippen molar-refractivity contribution in [1.82, 2.24) is 13.9 Å². The van der Waals surface area contributed by atoms with Crippen molar-refractivity contribution >= 4 is 44.3 Å². The number of carbonyl (C=O) groups is 1. The van der Waals surface area contributed by atoms with Gasteiger partial charge in [0.2, 0.25) is 15.9 Å². The second-order valence-corrected chi connectivity index (χ2v) is 9.60. The van der Waals surface area contributed by atoms with E-state index in [0.29, 0.717) is 28.5 Å². The molecule has 154 valence electrons. The van der Waals surface area contributed by atoms with Crippen LogP contribution in [0.1, 0.15) is 17.8 Å². The first-order valence-corrected chi connectivity index (χ1v) is 10.9. The first kappa shape index (κ1) is 21.3. The zero-order valence-electron chi connectivity index (χ0n) is 16.7. The van der Waals surface area contributed by atoms with E-state index in [-0.39, 0.29) is 17.2 Å². The van der Waals surface area contributed by atoms with E-state index >= 15 is 0 Å². The highest BCUT2D eigenvalue weighted by Gasteiger charge is 2.19. The third kappa shape index (κ3) is 4.44. The highest BCUT2D eigenvalue weighted by Crippen LogP contribution is 2.23. The van der Waals surface area contributed by atoms with Crippen molar-refractivity contribution in [3.05, 3.63) is 52.8 Å². The van der Waals surface area contributed by atoms with Gasteiger partial charge in [-0.1, -0.05) is 17.7 Å². The minimum absolute atomic E-state index is 0.146. The molecule has 7 nitrogen and oxygen atoms in total. The van der Waals surface area contributed by atoms with Crippen molar-refractivity contribution in [3.63, 3.8) is 0 Å². The van der Waals surface area contributed by atoms with Gasteiger partial charge in [-0.3, -0.25) is 4.79 Å². The summed E-state index contributed by atoms with van der Waals surface area (Å²) in [6.07, 6.45) is 0.665. The average molecular weight is 435 g/mol. The molecule has 1 heterocycles. The van der Waals surface area contributed by atoms with E-state index in [1.807, 2.05) is 24.6 Å². The Morgan fingerprint density at radius 3 is 2.59 bits per heavy atom. The van der Waals surface area contributed by atoms with Gasteiger partial charge in [-0.15, -0.1) is 0 Å². The summed E-state index contributed by atoms with van der Waals surface area (Å²) < 4.78 is 27.7. The fourth-order valence-electron chi connectivity index (χ4n) is 2.94. The monoisotopic (exact) mass is 434 g/mol. The van der Waals surface area contributed by atoms with E-state index in [0.717, 1.165) is 11.1 Å². The molecule has 3 rings (SSSR count). The number of fused-ring (bicyclic) bond motifs is 1. The molecule has 0 atom stereocenters. The van der Waals surface area contributed by atoms with Gasteiger partial charge in [0.05, 0.1) is 15.9 Å². The number of anilines is 1. The summed E-state index contributed by atoms with van der Waals surface area (Å²) in [5.41, 5.74) is 2.98. The van der Waals surface area contributed by atoms with Crippen LogP contribution in [0.3, 0.4) is 0 Å². The molecule has 3 aromatic rings. The lowest BCUT2D eigenvalue weighted by Gasteiger charge is -2.10. The van der Waals surface area contributed by atoms with Gasteiger partial charge in [-0.2, -0.15) is 0 Å². The number of nitrogens with one attached hydrogen (secondary N) is 1. The van der Waals surface area contributed by atoms with Crippen LogP contribution in [0, 0.1) is 6.92 Å². The summed E-state index contributed by atoms with van der Waals surface area (Å²) in [7, 11) is 1.30. The van der Waals surface area contributed by atoms with Crippen LogP contribution in [0.2, 0.25) is 5.02 Å². The minimum Gasteiger partial charge on any atom is -0.331 e. The van der Waals surface area contributed by atoms with Crippen LogP contribution in [0.25, 0.3) is 11.0 Å². The Morgan fingerprint density at radius 2 is 1.93 bits per heavy atom. The third-order valence-electron chi connectivity index (χ3n) is 4.75. The lowest BCUT2D eigenvalue weighted by molar-refractivity contribution is -0.116. The quantitative estimate of drug-likeness (QED) is 0.644. The van der Waals surface area contributed by atoms with Crippen LogP contribution in [0.5, 0.6) is 0 Å². The number of hydrogen-bond donors (Lipinski definition) is 1. The zero-order valence-corrected chi connectivity index (χ0v) is 18.3. The Hall–Kier alpha value is -2.42. The molecule has 0 aliphatic carbocycles. The van der Waals surface area contributed by atoms with E-state index in [1.165, 1.54) is 18.4 Å². The maximum absolute atomic E-state index is 12.3. The van der Waals surface area contributed by atoms with Crippen LogP contribution in [0.4, 0.5) is 5.69 Å². The molecular weight excluding hydrogens is 412 g/mol. The summed E-state index contributed by atoms with van der Waals surface area (Å²) >= 11 is 6.09. The predicted octanol–water partition coefficient (Wildman–Crippen LogP) is 3.36. The van der Waals surface area contributed by atoms with Crippen LogP contribution in [-0.2, 0) is 28.3 Å². The third-order valence-corrected chi connectivity index (χ3v) is 6.97. The van der Waals surface area contributed by atoms with Crippen molar-refractivity contribution < 1.29 is 13.2 Å². The topological polar surface area (TPSA) is 84.3 Å². The van der Waals surface area contributed by atoms with Crippen molar-refractivity contribution in [3.8, 4) is 0 Å². The lowest BCUT2D eigenvalue weighted by atomic mass is 10.2. The highest BCUT2D eigenvalue weighted by molar-refractivity contribution is 7.89. The average Bonchev–Trinajstić information content (AvgIpc) is 2.98. The number of rotatable bonds is 6. The van der Waals surface area contributed by atoms with E-state index in [9.17, 15) is 13.2 Å². The van der Waals surface area contributed by atoms with Crippen LogP contribution >= 0.6 is 11.6 Å². The second-order valence-electron chi connectivity index (χ2n) is 7.04. The van der Waals surface area contributed by atoms with Gasteiger partial charge >= 0.3 is 0 Å². The standard InChI is InChI=1S/C20H23ClN4O3S/c1-13-5-6-14(11-16(13)21)22-20(26)10-9-19-23-17-12-15(29(27,28)24(2)3)7-8-18(17)25(19)4/h5-8,11-12H,9-10H2,1-4H3,(H,22,26). The number of sulfonamides is 1. The van der Waals surface area contributed by atoms with E-state index in [4.69, 9.17) is 11.6 Å². The molecule has 0 radical (unpaired) electrons. The van der Waals surface area contributed by atoms with Gasteiger partial charge < -0.3 is 9.88 Å². The Kier molecular flexibility index (Phi) is 5.97. The summed E-state index contributed by atoms with van der Waals surface area (Å²) in [5.74, 6) is 0.560. The van der Waals surface area contributed by atoms with Gasteiger partial charge in [0.25, 0.3) is 0 Å². The van der Waals surface area contributed by atoms with Crippen molar-refractivity contribution in [2.24, 2.45) is 7.05 Å². The molecule has 2 aromatic carbocycles. The molecule has 0 bridgehead atoms. The van der Waals surface area contributed by atoms with E-state index in [1.54, 1.807) is 30.3 Å². The Bertz CT molecular complexity index is 1190. The van der Waals surface area contributed by atoms with E-state index in [2.05, 4.69) is 10.3 Å². The van der Waals surface area contributed by atoms with Gasteiger partial charge in [-0.25, -0.2) is 17.7 Å². The molecular formula is C20H23ClN4O3S. The number of aryl methyl sites for hydroxylation is 3. The molecule has 9 heteroatoms. The number of halogens is 1. The van der Waals surface area contributed by atoms with Crippen LogP contribution < -0.4 is 5.32 Å². The molecule has 0 spiro atoms. The molecule has 0 saturated heterocycles. The Balaban J connectivity index is 1.75. The number of nitrogens with zero attached hydrogens (tertiary/aromatic N) is 3. The molecule has 0 saturated carbocycles. The normalized spacial score (nSPS) is 11.9. The highest BCUT2D eigenvalue weighted by atomic mass is 35.5. The zero-order chi connectivity index (χ0) is 21.3. The summed E-state index contributed by atoms with van der Waals surface area (Å²) in [4.78, 5) is 17.0. The number of imidazole rings is 1. The molecule has 0 unspecified atom stereocenters. The van der Waals surface area contributed by atoms with Crippen molar-refractivity contribution in [2.45, 2.75) is 24.7 Å². The first-order valence-electron chi connectivity index (χ1n) is 9.03. The van der Waals surface area contributed by atoms with Crippen LogP contribution in [0.15, 0.2) is 41.3 Å². The van der Waals surface area contributed by atoms with Gasteiger partial charge in [0.15, 0.2) is 0 Å². The number of carbonyl (C=O) groups excluding carboxylic acids is 1. The number of amides is 1. The molecule has 1 aromatic heterocycles.